The highest BCUT2D eigenvalue weighted by atomic mass is 32.1. The molecule has 3 aliphatic rings. The van der Waals surface area contributed by atoms with Gasteiger partial charge in [-0.2, -0.15) is 0 Å². The second kappa shape index (κ2) is 14.0. The molecule has 0 radical (unpaired) electrons. The van der Waals surface area contributed by atoms with E-state index in [2.05, 4.69) is 47.1 Å². The smallest absolute Gasteiger partial charge is 0.321 e. The number of likely N-dealkylation sites (tertiary alicyclic amines) is 2. The molecule has 2 aromatic carbocycles. The lowest BCUT2D eigenvalue weighted by Gasteiger charge is -2.35. The van der Waals surface area contributed by atoms with E-state index >= 15 is 0 Å². The van der Waals surface area contributed by atoms with Gasteiger partial charge in [0, 0.05) is 36.9 Å². The van der Waals surface area contributed by atoms with Crippen LogP contribution in [0.15, 0.2) is 54.6 Å². The van der Waals surface area contributed by atoms with Crippen LogP contribution in [-0.4, -0.2) is 64.6 Å². The van der Waals surface area contributed by atoms with Crippen LogP contribution in [0.5, 0.6) is 0 Å². The maximum atomic E-state index is 13.4. The number of aryl methyl sites for hydroxylation is 1. The summed E-state index contributed by atoms with van der Waals surface area (Å²) in [6.07, 6.45) is 9.63. The van der Waals surface area contributed by atoms with Crippen molar-refractivity contribution in [2.24, 2.45) is 11.8 Å². The van der Waals surface area contributed by atoms with Crippen LogP contribution < -0.4 is 0 Å². The molecule has 43 heavy (non-hydrogen) atoms. The van der Waals surface area contributed by atoms with Gasteiger partial charge in [-0.15, -0.1) is 11.3 Å². The van der Waals surface area contributed by atoms with Gasteiger partial charge in [-0.05, 0) is 86.2 Å². The third-order valence-electron chi connectivity index (χ3n) is 10.3. The Kier molecular flexibility index (Phi) is 9.90. The number of hydrogen-bond donors (Lipinski definition) is 1. The van der Waals surface area contributed by atoms with E-state index in [1.807, 2.05) is 23.5 Å². The summed E-state index contributed by atoms with van der Waals surface area (Å²) >= 11 is 1.86. The summed E-state index contributed by atoms with van der Waals surface area (Å²) in [4.78, 5) is 24.0. The number of carbonyl (C=O) groups is 1. The fraction of sp³-hybridized carbons (Fsp3) is 0.556. The van der Waals surface area contributed by atoms with Crippen LogP contribution in [0.4, 0.5) is 4.39 Å². The van der Waals surface area contributed by atoms with Crippen LogP contribution in [-0.2, 0) is 17.6 Å². The van der Waals surface area contributed by atoms with Gasteiger partial charge in [0.1, 0.15) is 11.9 Å². The minimum absolute atomic E-state index is 0.198. The zero-order valence-electron chi connectivity index (χ0n) is 25.5. The number of carboxylic acids is 1. The molecule has 2 aliphatic heterocycles. The van der Waals surface area contributed by atoms with Gasteiger partial charge in [0.15, 0.2) is 0 Å². The highest BCUT2D eigenvalue weighted by Crippen LogP contribution is 2.40. The number of piperidine rings is 1. The molecule has 230 valence electrons. The molecule has 1 aliphatic carbocycles. The van der Waals surface area contributed by atoms with Gasteiger partial charge in [-0.1, -0.05) is 68.7 Å². The average molecular weight is 604 g/mol. The zero-order chi connectivity index (χ0) is 29.8. The first-order valence-corrected chi connectivity index (χ1v) is 17.3. The monoisotopic (exact) mass is 603 g/mol. The normalized spacial score (nSPS) is 23.5. The molecule has 3 fully saturated rings. The van der Waals surface area contributed by atoms with Crippen LogP contribution in [0.2, 0.25) is 0 Å². The van der Waals surface area contributed by atoms with Gasteiger partial charge in [0.2, 0.25) is 0 Å². The van der Waals surface area contributed by atoms with E-state index in [0.29, 0.717) is 17.8 Å². The summed E-state index contributed by atoms with van der Waals surface area (Å²) < 4.78 is 13.4. The summed E-state index contributed by atoms with van der Waals surface area (Å²) in [6, 6.07) is 17.2. The first-order chi connectivity index (χ1) is 21.0. The van der Waals surface area contributed by atoms with E-state index in [4.69, 9.17) is 4.98 Å². The SMILES string of the molecule is CCc1nc(Cc2ccc(F)cc2)sc1C1CCN(C[C@H]2CN(C(C(=O)O)C3CCCCC3)CC2c2ccccc2)CC1. The number of aliphatic carboxylic acids is 1. The Labute approximate surface area is 260 Å². The van der Waals surface area contributed by atoms with Crippen molar-refractivity contribution >= 4 is 17.3 Å². The van der Waals surface area contributed by atoms with E-state index in [-0.39, 0.29) is 17.8 Å². The molecule has 3 atom stereocenters. The molecule has 7 heteroatoms. The van der Waals surface area contributed by atoms with E-state index in [0.717, 1.165) is 94.7 Å². The molecule has 3 aromatic rings. The standard InChI is InChI=1S/C36H46FN3O2S/c1-2-32-35(43-33(38-32)21-25-13-15-30(37)16-14-25)28-17-19-39(20-18-28)22-29-23-40(24-31(29)26-9-5-3-6-10-26)34(36(41)42)27-11-7-4-8-12-27/h3,5-6,9-10,13-16,27-29,31,34H,2,4,7-8,11-12,17-24H2,1H3,(H,41,42)/t29-,31?,34?/m0/s1. The molecule has 1 N–H and O–H groups in total. The Balaban J connectivity index is 1.11. The summed E-state index contributed by atoms with van der Waals surface area (Å²) in [5, 5.41) is 11.5. The second-order valence-corrected chi connectivity index (χ2v) is 14.2. The van der Waals surface area contributed by atoms with Crippen LogP contribution in [0, 0.1) is 17.7 Å². The van der Waals surface area contributed by atoms with Gasteiger partial charge in [0.25, 0.3) is 0 Å². The van der Waals surface area contributed by atoms with Crippen LogP contribution in [0.25, 0.3) is 0 Å². The molecule has 5 nitrogen and oxygen atoms in total. The number of benzene rings is 2. The Morgan fingerprint density at radius 1 is 1.00 bits per heavy atom. The average Bonchev–Trinajstić information content (AvgIpc) is 3.63. The van der Waals surface area contributed by atoms with Crippen molar-refractivity contribution < 1.29 is 14.3 Å². The Morgan fingerprint density at radius 3 is 2.40 bits per heavy atom. The molecule has 0 bridgehead atoms. The van der Waals surface area contributed by atoms with E-state index in [9.17, 15) is 14.3 Å². The molecular formula is C36H46FN3O2S. The topological polar surface area (TPSA) is 56.7 Å². The number of carboxylic acid groups (broad SMARTS) is 1. The van der Waals surface area contributed by atoms with E-state index in [1.54, 1.807) is 0 Å². The molecule has 2 unspecified atom stereocenters. The van der Waals surface area contributed by atoms with E-state index < -0.39 is 5.97 Å². The molecule has 0 spiro atoms. The Morgan fingerprint density at radius 2 is 1.72 bits per heavy atom. The Hall–Kier alpha value is -2.61. The van der Waals surface area contributed by atoms with Crippen LogP contribution in [0.1, 0.15) is 90.4 Å². The second-order valence-electron chi connectivity index (χ2n) is 13.1. The molecule has 6 rings (SSSR count). The fourth-order valence-corrected chi connectivity index (χ4v) is 9.41. The van der Waals surface area contributed by atoms with E-state index in [1.165, 1.54) is 34.7 Å². The minimum Gasteiger partial charge on any atom is -0.480 e. The quantitative estimate of drug-likeness (QED) is 0.262. The largest absolute Gasteiger partial charge is 0.480 e. The molecule has 1 saturated carbocycles. The van der Waals surface area contributed by atoms with Gasteiger partial charge in [0.05, 0.1) is 10.7 Å². The van der Waals surface area contributed by atoms with Crippen molar-refractivity contribution in [3.8, 4) is 0 Å². The number of nitrogens with zero attached hydrogens (tertiary/aromatic N) is 3. The molecular weight excluding hydrogens is 557 g/mol. The first-order valence-electron chi connectivity index (χ1n) is 16.5. The predicted octanol–water partition coefficient (Wildman–Crippen LogP) is 7.36. The summed E-state index contributed by atoms with van der Waals surface area (Å²) in [6.45, 7) is 7.08. The lowest BCUT2D eigenvalue weighted by atomic mass is 9.83. The molecule has 2 saturated heterocycles. The maximum absolute atomic E-state index is 13.4. The fourth-order valence-electron chi connectivity index (χ4n) is 8.05. The van der Waals surface area contributed by atoms with Crippen molar-refractivity contribution in [2.75, 3.05) is 32.7 Å². The lowest BCUT2D eigenvalue weighted by Crippen LogP contribution is -2.46. The maximum Gasteiger partial charge on any atom is 0.321 e. The zero-order valence-corrected chi connectivity index (χ0v) is 26.3. The number of rotatable bonds is 10. The van der Waals surface area contributed by atoms with Gasteiger partial charge >= 0.3 is 5.97 Å². The predicted molar refractivity (Wildman–Crippen MR) is 171 cm³/mol. The summed E-state index contributed by atoms with van der Waals surface area (Å²) in [7, 11) is 0. The number of hydrogen-bond acceptors (Lipinski definition) is 5. The van der Waals surface area contributed by atoms with Crippen molar-refractivity contribution in [3.05, 3.63) is 87.1 Å². The van der Waals surface area contributed by atoms with Gasteiger partial charge in [-0.3, -0.25) is 9.69 Å². The molecule has 3 heterocycles. The highest BCUT2D eigenvalue weighted by molar-refractivity contribution is 7.11. The third kappa shape index (κ3) is 7.21. The number of thiazole rings is 1. The van der Waals surface area contributed by atoms with Crippen molar-refractivity contribution in [2.45, 2.75) is 82.6 Å². The number of aromatic nitrogens is 1. The minimum atomic E-state index is -0.629. The first kappa shape index (κ1) is 30.4. The summed E-state index contributed by atoms with van der Waals surface area (Å²) in [5.74, 6) is 0.787. The Bertz CT molecular complexity index is 1330. The lowest BCUT2D eigenvalue weighted by molar-refractivity contribution is -0.145. The van der Waals surface area contributed by atoms with Gasteiger partial charge < -0.3 is 10.0 Å². The molecule has 1 aromatic heterocycles. The highest BCUT2D eigenvalue weighted by Gasteiger charge is 2.43. The van der Waals surface area contributed by atoms with Gasteiger partial charge in [-0.25, -0.2) is 9.37 Å². The van der Waals surface area contributed by atoms with Crippen LogP contribution >= 0.6 is 11.3 Å². The van der Waals surface area contributed by atoms with Crippen molar-refractivity contribution in [1.29, 1.82) is 0 Å². The summed E-state index contributed by atoms with van der Waals surface area (Å²) in [5.41, 5.74) is 3.69. The third-order valence-corrected chi connectivity index (χ3v) is 11.5. The molecule has 0 amide bonds. The van der Waals surface area contributed by atoms with Crippen molar-refractivity contribution in [1.82, 2.24) is 14.8 Å². The number of halogens is 1. The van der Waals surface area contributed by atoms with Crippen molar-refractivity contribution in [3.63, 3.8) is 0 Å². The van der Waals surface area contributed by atoms with Crippen LogP contribution in [0.3, 0.4) is 0 Å².